The van der Waals surface area contributed by atoms with Crippen molar-refractivity contribution < 1.29 is 37.1 Å². The van der Waals surface area contributed by atoms with Crippen molar-refractivity contribution in [1.82, 2.24) is 34.8 Å². The van der Waals surface area contributed by atoms with Crippen LogP contribution in [0.5, 0.6) is 6.01 Å². The second kappa shape index (κ2) is 17.3. The minimum absolute atomic E-state index is 0.0286. The zero-order valence-electron chi connectivity index (χ0n) is 37.6. The molecule has 0 unspecified atom stereocenters. The highest BCUT2D eigenvalue weighted by atomic mass is 32.2. The van der Waals surface area contributed by atoms with Gasteiger partial charge in [-0.1, -0.05) is 54.8 Å². The first kappa shape index (κ1) is 45.3. The molecule has 2 aliphatic carbocycles. The van der Waals surface area contributed by atoms with Gasteiger partial charge in [0.1, 0.15) is 39.9 Å². The third-order valence-electron chi connectivity index (χ3n) is 12.7. The number of carbonyl (C=O) groups excluding carboxylic acids is 4. The number of aromatic nitrogens is 3. The molecule has 3 N–H and O–H groups in total. The number of ether oxygens (including phenoxy) is 2. The Balaban J connectivity index is 1.12. The summed E-state index contributed by atoms with van der Waals surface area (Å²) in [5.74, 6) is -2.37. The number of aryl methyl sites for hydroxylation is 1. The van der Waals surface area contributed by atoms with Crippen molar-refractivity contribution in [1.29, 1.82) is 0 Å². The maximum Gasteiger partial charge on any atom is 0.408 e. The van der Waals surface area contributed by atoms with Gasteiger partial charge in [-0.05, 0) is 105 Å². The molecule has 4 aliphatic rings. The predicted molar refractivity (Wildman–Crippen MR) is 245 cm³/mol. The number of sulfonamides is 1. The van der Waals surface area contributed by atoms with Crippen LogP contribution in [0.1, 0.15) is 111 Å². The Morgan fingerprint density at radius 3 is 2.53 bits per heavy atom. The first-order valence-corrected chi connectivity index (χ1v) is 24.7. The molecule has 15 nitrogen and oxygen atoms in total. The van der Waals surface area contributed by atoms with Gasteiger partial charge in [0.2, 0.25) is 21.8 Å². The number of thiazole rings is 1. The molecular formula is C47H59N7O8S2. The lowest BCUT2D eigenvalue weighted by atomic mass is 10.0. The van der Waals surface area contributed by atoms with E-state index in [1.807, 2.05) is 79.3 Å². The summed E-state index contributed by atoms with van der Waals surface area (Å²) in [5.41, 5.74) is 3.03. The summed E-state index contributed by atoms with van der Waals surface area (Å²) >= 11 is 1.53. The Morgan fingerprint density at radius 2 is 1.81 bits per heavy atom. The van der Waals surface area contributed by atoms with Crippen LogP contribution in [0.25, 0.3) is 32.9 Å². The topological polar surface area (TPSA) is 191 Å². The van der Waals surface area contributed by atoms with Crippen LogP contribution in [-0.2, 0) is 29.1 Å². The maximum atomic E-state index is 14.8. The standard InChI is InChI=1S/C47H59N7O8S2/c1-28(2)54-36-20-14-18-33(40-48-35(27-63-40)30-16-13-15-29(3)23-30)38(36)50-43(54)61-32-24-37-39(55)51-47(42(57)52-64(59,60)46(7)21-22-46)25-31(47)17-11-9-8-10-12-19-34(41(56)53(37)26-32)49-44(58)62-45(4,5)6/h11,13-18,20,23,27-28,31-32,34,37H,8-10,12,19,21-22,24-26H2,1-7H3,(H,49,58)(H,51,55)(H,52,57)/b17-11-/t31-,32+,34-,37-,47+/m0/s1. The quantitative estimate of drug-likeness (QED) is 0.143. The van der Waals surface area contributed by atoms with Crippen molar-refractivity contribution in [3.05, 3.63) is 65.6 Å². The summed E-state index contributed by atoms with van der Waals surface area (Å²) in [5, 5.41) is 8.55. The molecule has 17 heteroatoms. The maximum absolute atomic E-state index is 14.8. The Bertz CT molecular complexity index is 2610. The van der Waals surface area contributed by atoms with Crippen LogP contribution in [0.2, 0.25) is 0 Å². The van der Waals surface area contributed by atoms with Gasteiger partial charge in [-0.15, -0.1) is 11.3 Å². The van der Waals surface area contributed by atoms with Crippen molar-refractivity contribution in [2.75, 3.05) is 6.54 Å². The number of rotatable bonds is 9. The minimum atomic E-state index is -4.01. The number of nitrogens with one attached hydrogen (secondary N) is 3. The summed E-state index contributed by atoms with van der Waals surface area (Å²) < 4.78 is 42.1. The molecule has 0 bridgehead atoms. The second-order valence-corrected chi connectivity index (χ2v) is 22.4. The van der Waals surface area contributed by atoms with Crippen LogP contribution in [-0.4, -0.2) is 92.3 Å². The van der Waals surface area contributed by atoms with Gasteiger partial charge in [0.05, 0.1) is 22.5 Å². The van der Waals surface area contributed by atoms with Gasteiger partial charge in [0.25, 0.3) is 11.9 Å². The van der Waals surface area contributed by atoms with Crippen LogP contribution in [0, 0.1) is 12.8 Å². The minimum Gasteiger partial charge on any atom is -0.459 e. The van der Waals surface area contributed by atoms with Gasteiger partial charge in [-0.2, -0.15) is 4.98 Å². The normalized spacial score (nSPS) is 25.3. The van der Waals surface area contributed by atoms with E-state index in [-0.39, 0.29) is 25.4 Å². The van der Waals surface area contributed by atoms with E-state index in [1.165, 1.54) is 16.2 Å². The lowest BCUT2D eigenvalue weighted by Crippen LogP contribution is -2.58. The number of fused-ring (bicyclic) bond motifs is 3. The van der Waals surface area contributed by atoms with Crippen LogP contribution in [0.15, 0.2) is 60.0 Å². The summed E-state index contributed by atoms with van der Waals surface area (Å²) in [7, 11) is -4.01. The number of hydrogen-bond acceptors (Lipinski definition) is 11. The molecule has 8 rings (SSSR count). The first-order valence-electron chi connectivity index (χ1n) is 22.3. The van der Waals surface area contributed by atoms with Gasteiger partial charge in [-0.25, -0.2) is 18.2 Å². The number of para-hydroxylation sites is 1. The Kier molecular flexibility index (Phi) is 12.2. The number of amides is 4. The van der Waals surface area contributed by atoms with Crippen LogP contribution >= 0.6 is 11.3 Å². The molecule has 2 aromatic heterocycles. The van der Waals surface area contributed by atoms with E-state index in [0.717, 1.165) is 45.8 Å². The Morgan fingerprint density at radius 1 is 1.05 bits per heavy atom. The number of nitrogens with zero attached hydrogens (tertiary/aromatic N) is 4. The van der Waals surface area contributed by atoms with Crippen LogP contribution in [0.3, 0.4) is 0 Å². The van der Waals surface area contributed by atoms with Crippen LogP contribution in [0.4, 0.5) is 4.79 Å². The lowest BCUT2D eigenvalue weighted by molar-refractivity contribution is -0.141. The second-order valence-electron chi connectivity index (χ2n) is 19.3. The molecule has 0 spiro atoms. The molecule has 2 aromatic carbocycles. The fourth-order valence-electron chi connectivity index (χ4n) is 8.73. The average molecular weight is 914 g/mol. The van der Waals surface area contributed by atoms with Crippen molar-refractivity contribution in [3.63, 3.8) is 0 Å². The monoisotopic (exact) mass is 913 g/mol. The average Bonchev–Trinajstić information content (AvgIpc) is 3.89. The van der Waals surface area contributed by atoms with E-state index in [2.05, 4.69) is 21.4 Å². The smallest absolute Gasteiger partial charge is 0.408 e. The number of benzene rings is 2. The lowest BCUT2D eigenvalue weighted by Gasteiger charge is -2.30. The zero-order valence-corrected chi connectivity index (χ0v) is 39.2. The highest BCUT2D eigenvalue weighted by Crippen LogP contribution is 2.48. The summed E-state index contributed by atoms with van der Waals surface area (Å²) in [4.78, 5) is 68.2. The molecule has 4 amide bonds. The van der Waals surface area contributed by atoms with E-state index in [0.29, 0.717) is 43.6 Å². The molecule has 4 heterocycles. The third-order valence-corrected chi connectivity index (χ3v) is 15.7. The fourth-order valence-corrected chi connectivity index (χ4v) is 10.9. The van der Waals surface area contributed by atoms with Gasteiger partial charge in [0.15, 0.2) is 0 Å². The van der Waals surface area contributed by atoms with E-state index < -0.39 is 73.8 Å². The summed E-state index contributed by atoms with van der Waals surface area (Å²) in [6, 6.07) is 12.2. The largest absolute Gasteiger partial charge is 0.459 e. The summed E-state index contributed by atoms with van der Waals surface area (Å²) in [6.07, 6.45) is 6.58. The number of carbonyl (C=O) groups is 4. The molecule has 2 aliphatic heterocycles. The van der Waals surface area contributed by atoms with Crippen molar-refractivity contribution in [2.45, 2.75) is 146 Å². The van der Waals surface area contributed by atoms with E-state index >= 15 is 0 Å². The predicted octanol–water partition coefficient (Wildman–Crippen LogP) is 7.35. The molecule has 4 aromatic rings. The molecule has 342 valence electrons. The van der Waals surface area contributed by atoms with E-state index in [4.69, 9.17) is 19.4 Å². The summed E-state index contributed by atoms with van der Waals surface area (Å²) in [6.45, 7) is 12.9. The number of alkyl carbamates (subject to hydrolysis) is 1. The number of imidazole rings is 1. The van der Waals surface area contributed by atoms with Crippen molar-refractivity contribution in [3.8, 4) is 27.8 Å². The number of hydrogen-bond donors (Lipinski definition) is 3. The first-order chi connectivity index (χ1) is 30.3. The van der Waals surface area contributed by atoms with E-state index in [1.54, 1.807) is 27.7 Å². The third kappa shape index (κ3) is 9.28. The van der Waals surface area contributed by atoms with E-state index in [9.17, 15) is 27.6 Å². The van der Waals surface area contributed by atoms with Crippen LogP contribution < -0.4 is 20.1 Å². The molecule has 0 radical (unpaired) electrons. The highest BCUT2D eigenvalue weighted by Gasteiger charge is 2.63. The SMILES string of the molecule is Cc1cccc(-c2csc(-c3cccc4c3nc(O[C@@H]3C[C@H]5C(=O)N[C@]6(C(=O)NS(=O)(=O)C7(C)CC7)C[C@@H]6/C=C\CCCCC[C@H](NC(=O)OC(C)(C)C)C(=O)N5C3)n4C(C)C)n2)c1. The molecule has 3 fully saturated rings. The molecule has 2 saturated carbocycles. The van der Waals surface area contributed by atoms with Crippen molar-refractivity contribution >= 4 is 56.2 Å². The van der Waals surface area contributed by atoms with Gasteiger partial charge < -0.3 is 25.0 Å². The number of allylic oxidation sites excluding steroid dienone is 1. The highest BCUT2D eigenvalue weighted by molar-refractivity contribution is 7.91. The Labute approximate surface area is 378 Å². The van der Waals surface area contributed by atoms with Gasteiger partial charge >= 0.3 is 6.09 Å². The molecule has 5 atom stereocenters. The fraction of sp³-hybridized carbons (Fsp3) is 0.532. The van der Waals surface area contributed by atoms with Crippen molar-refractivity contribution in [2.24, 2.45) is 5.92 Å². The Hall–Kier alpha value is -5.29. The van der Waals surface area contributed by atoms with Gasteiger partial charge in [-0.3, -0.25) is 23.7 Å². The van der Waals surface area contributed by atoms with Gasteiger partial charge in [0, 0.05) is 34.9 Å². The molecule has 1 saturated heterocycles. The molecule has 64 heavy (non-hydrogen) atoms. The molecular weight excluding hydrogens is 855 g/mol. The zero-order chi connectivity index (χ0) is 45.8.